The van der Waals surface area contributed by atoms with Gasteiger partial charge in [0.2, 0.25) is 17.7 Å². The van der Waals surface area contributed by atoms with Gasteiger partial charge in [-0.1, -0.05) is 42.8 Å². The lowest BCUT2D eigenvalue weighted by molar-refractivity contribution is -0.135. The SMILES string of the molecule is CCc1ccc2c(c1)C1(C(=O)N2)C2C(=O)N(c3ccccc3Cl)C(=O)C2C2CCCN21. The van der Waals surface area contributed by atoms with Gasteiger partial charge in [0.1, 0.15) is 5.54 Å². The van der Waals surface area contributed by atoms with Crippen LogP contribution >= 0.6 is 11.6 Å². The van der Waals surface area contributed by atoms with Gasteiger partial charge in [0.15, 0.2) is 0 Å². The number of carbonyl (C=O) groups is 3. The fourth-order valence-corrected chi connectivity index (χ4v) is 6.56. The van der Waals surface area contributed by atoms with Crippen LogP contribution in [0.15, 0.2) is 42.5 Å². The number of amides is 3. The molecule has 4 atom stereocenters. The summed E-state index contributed by atoms with van der Waals surface area (Å²) in [6.45, 7) is 2.77. The highest BCUT2D eigenvalue weighted by atomic mass is 35.5. The number of nitrogens with one attached hydrogen (secondary N) is 1. The fourth-order valence-electron chi connectivity index (χ4n) is 6.34. The molecule has 0 bridgehead atoms. The molecule has 4 aliphatic rings. The molecule has 3 saturated heterocycles. The van der Waals surface area contributed by atoms with Gasteiger partial charge >= 0.3 is 0 Å². The zero-order valence-electron chi connectivity index (χ0n) is 17.1. The number of fused-ring (bicyclic) bond motifs is 7. The molecule has 1 spiro atoms. The third-order valence-electron chi connectivity index (χ3n) is 7.56. The number of carbonyl (C=O) groups excluding carboxylic acids is 3. The Kier molecular flexibility index (Phi) is 3.93. The van der Waals surface area contributed by atoms with Crippen LogP contribution in [0, 0.1) is 11.8 Å². The standard InChI is InChI=1S/C24H22ClN3O3/c1-2-13-9-10-16-14(12-13)24(23(31)26-16)20-19(18-8-5-11-27(18)24)21(29)28(22(20)30)17-7-4-3-6-15(17)25/h3-4,6-7,9-10,12,18-20H,2,5,8,11H2,1H3,(H,26,31). The van der Waals surface area contributed by atoms with Crippen LogP contribution in [0.5, 0.6) is 0 Å². The van der Waals surface area contributed by atoms with Crippen LogP contribution in [0.1, 0.15) is 30.9 Å². The van der Waals surface area contributed by atoms with Crippen molar-refractivity contribution in [1.29, 1.82) is 0 Å². The smallest absolute Gasteiger partial charge is 0.250 e. The first-order chi connectivity index (χ1) is 15.0. The number of hydrogen-bond donors (Lipinski definition) is 1. The van der Waals surface area contributed by atoms with Gasteiger partial charge in [-0.3, -0.25) is 19.3 Å². The van der Waals surface area contributed by atoms with E-state index in [1.165, 1.54) is 4.90 Å². The van der Waals surface area contributed by atoms with Gasteiger partial charge in [-0.2, -0.15) is 0 Å². The van der Waals surface area contributed by atoms with Crippen LogP contribution in [-0.4, -0.2) is 35.2 Å². The van der Waals surface area contributed by atoms with E-state index in [4.69, 9.17) is 11.6 Å². The highest BCUT2D eigenvalue weighted by molar-refractivity contribution is 6.36. The number of anilines is 2. The van der Waals surface area contributed by atoms with Gasteiger partial charge in [0.05, 0.1) is 22.5 Å². The van der Waals surface area contributed by atoms with Crippen molar-refractivity contribution in [1.82, 2.24) is 4.90 Å². The van der Waals surface area contributed by atoms with Crippen molar-refractivity contribution >= 4 is 40.7 Å². The van der Waals surface area contributed by atoms with E-state index in [2.05, 4.69) is 17.1 Å². The molecule has 3 fully saturated rings. The van der Waals surface area contributed by atoms with Gasteiger partial charge in [-0.25, -0.2) is 4.90 Å². The Morgan fingerprint density at radius 3 is 2.71 bits per heavy atom. The van der Waals surface area contributed by atoms with E-state index in [0.717, 1.165) is 36.1 Å². The number of hydrogen-bond acceptors (Lipinski definition) is 4. The number of imide groups is 1. The zero-order chi connectivity index (χ0) is 21.5. The Hall–Kier alpha value is -2.70. The van der Waals surface area contributed by atoms with Crippen molar-refractivity contribution in [3.05, 3.63) is 58.6 Å². The van der Waals surface area contributed by atoms with Crippen LogP contribution in [-0.2, 0) is 26.3 Å². The van der Waals surface area contributed by atoms with Crippen LogP contribution in [0.2, 0.25) is 5.02 Å². The van der Waals surface area contributed by atoms with Crippen molar-refractivity contribution in [3.8, 4) is 0 Å². The highest BCUT2D eigenvalue weighted by Gasteiger charge is 2.74. The topological polar surface area (TPSA) is 69.7 Å². The summed E-state index contributed by atoms with van der Waals surface area (Å²) in [5.41, 5.74) is 1.93. The van der Waals surface area contributed by atoms with Gasteiger partial charge in [0.25, 0.3) is 0 Å². The molecule has 0 aromatic heterocycles. The summed E-state index contributed by atoms with van der Waals surface area (Å²) in [5.74, 6) is -2.08. The number of nitrogens with zero attached hydrogens (tertiary/aromatic N) is 2. The Morgan fingerprint density at radius 1 is 1.13 bits per heavy atom. The largest absolute Gasteiger partial charge is 0.324 e. The van der Waals surface area contributed by atoms with E-state index in [-0.39, 0.29) is 23.8 Å². The minimum Gasteiger partial charge on any atom is -0.324 e. The summed E-state index contributed by atoms with van der Waals surface area (Å²) in [4.78, 5) is 44.6. The molecule has 2 aromatic carbocycles. The van der Waals surface area contributed by atoms with Gasteiger partial charge < -0.3 is 5.32 Å². The van der Waals surface area contributed by atoms with Crippen molar-refractivity contribution in [3.63, 3.8) is 0 Å². The molecular formula is C24H22ClN3O3. The quantitative estimate of drug-likeness (QED) is 0.734. The summed E-state index contributed by atoms with van der Waals surface area (Å²) in [6, 6.07) is 12.7. The van der Waals surface area contributed by atoms with Crippen molar-refractivity contribution in [2.45, 2.75) is 37.8 Å². The second-order valence-corrected chi connectivity index (χ2v) is 9.23. The summed E-state index contributed by atoms with van der Waals surface area (Å²) in [6.07, 6.45) is 2.53. The van der Waals surface area contributed by atoms with Crippen molar-refractivity contribution in [2.24, 2.45) is 11.8 Å². The molecule has 7 heteroatoms. The predicted molar refractivity (Wildman–Crippen MR) is 117 cm³/mol. The Labute approximate surface area is 185 Å². The number of rotatable bonds is 2. The third-order valence-corrected chi connectivity index (χ3v) is 7.88. The molecule has 0 saturated carbocycles. The molecule has 31 heavy (non-hydrogen) atoms. The van der Waals surface area contributed by atoms with Crippen LogP contribution in [0.25, 0.3) is 0 Å². The minimum absolute atomic E-state index is 0.129. The second-order valence-electron chi connectivity index (χ2n) is 8.82. The number of halogens is 1. The maximum Gasteiger partial charge on any atom is 0.250 e. The van der Waals surface area contributed by atoms with Crippen molar-refractivity contribution in [2.75, 3.05) is 16.8 Å². The van der Waals surface area contributed by atoms with Crippen LogP contribution in [0.4, 0.5) is 11.4 Å². The molecule has 0 radical (unpaired) electrons. The van der Waals surface area contributed by atoms with Gasteiger partial charge in [0, 0.05) is 17.3 Å². The molecule has 2 aromatic rings. The zero-order valence-corrected chi connectivity index (χ0v) is 17.9. The minimum atomic E-state index is -1.14. The monoisotopic (exact) mass is 435 g/mol. The molecule has 1 N–H and O–H groups in total. The maximum absolute atomic E-state index is 13.9. The first kappa shape index (κ1) is 19.0. The molecule has 3 amide bonds. The molecule has 6 nitrogen and oxygen atoms in total. The molecule has 4 aliphatic heterocycles. The van der Waals surface area contributed by atoms with Crippen LogP contribution in [0.3, 0.4) is 0 Å². The maximum atomic E-state index is 13.9. The number of para-hydroxylation sites is 1. The fraction of sp³-hybridized carbons (Fsp3) is 0.375. The summed E-state index contributed by atoms with van der Waals surface area (Å²) in [5, 5.41) is 3.37. The Balaban J connectivity index is 1.57. The second kappa shape index (κ2) is 6.40. The van der Waals surface area contributed by atoms with E-state index in [1.807, 2.05) is 18.2 Å². The highest BCUT2D eigenvalue weighted by Crippen LogP contribution is 2.61. The van der Waals surface area contributed by atoms with Crippen molar-refractivity contribution < 1.29 is 14.4 Å². The summed E-state index contributed by atoms with van der Waals surface area (Å²) < 4.78 is 0. The van der Waals surface area contributed by atoms with Gasteiger partial charge in [-0.05, 0) is 49.6 Å². The number of benzene rings is 2. The molecule has 6 rings (SSSR count). The molecule has 0 aliphatic carbocycles. The first-order valence-corrected chi connectivity index (χ1v) is 11.2. The Bertz CT molecular complexity index is 1160. The predicted octanol–water partition coefficient (Wildman–Crippen LogP) is 3.33. The Morgan fingerprint density at radius 2 is 1.94 bits per heavy atom. The van der Waals surface area contributed by atoms with E-state index in [0.29, 0.717) is 17.3 Å². The number of aryl methyl sites for hydroxylation is 1. The molecule has 4 unspecified atom stereocenters. The van der Waals surface area contributed by atoms with E-state index < -0.39 is 17.4 Å². The lowest BCUT2D eigenvalue weighted by atomic mass is 9.75. The van der Waals surface area contributed by atoms with Crippen LogP contribution < -0.4 is 10.2 Å². The average molecular weight is 436 g/mol. The van der Waals surface area contributed by atoms with E-state index in [9.17, 15) is 14.4 Å². The molecular weight excluding hydrogens is 414 g/mol. The summed E-state index contributed by atoms with van der Waals surface area (Å²) in [7, 11) is 0. The lowest BCUT2D eigenvalue weighted by Gasteiger charge is -2.36. The average Bonchev–Trinajstić information content (AvgIpc) is 3.47. The molecule has 158 valence electrons. The normalized spacial score (nSPS) is 31.4. The summed E-state index contributed by atoms with van der Waals surface area (Å²) >= 11 is 6.37. The van der Waals surface area contributed by atoms with Gasteiger partial charge in [-0.15, -0.1) is 0 Å². The third kappa shape index (κ3) is 2.19. The first-order valence-electron chi connectivity index (χ1n) is 10.8. The van der Waals surface area contributed by atoms with E-state index in [1.54, 1.807) is 24.3 Å². The van der Waals surface area contributed by atoms with E-state index >= 15 is 0 Å². The molecule has 4 heterocycles. The lowest BCUT2D eigenvalue weighted by Crippen LogP contribution is -2.54.